The number of likely N-dealkylation sites (tertiary alicyclic amines) is 2. The van der Waals surface area contributed by atoms with Crippen molar-refractivity contribution in [3.05, 3.63) is 75.6 Å². The summed E-state index contributed by atoms with van der Waals surface area (Å²) in [6.07, 6.45) is -2.26. The Labute approximate surface area is 224 Å². The number of rotatable bonds is 5. The van der Waals surface area contributed by atoms with Gasteiger partial charge in [-0.25, -0.2) is 4.98 Å². The first-order valence-electron chi connectivity index (χ1n) is 12.2. The van der Waals surface area contributed by atoms with E-state index in [0.717, 1.165) is 28.9 Å². The van der Waals surface area contributed by atoms with Gasteiger partial charge in [0.15, 0.2) is 5.01 Å². The van der Waals surface area contributed by atoms with Gasteiger partial charge < -0.3 is 15.1 Å². The third kappa shape index (κ3) is 4.70. The van der Waals surface area contributed by atoms with Gasteiger partial charge in [0.25, 0.3) is 11.8 Å². The van der Waals surface area contributed by atoms with Crippen LogP contribution < -0.4 is 5.32 Å². The van der Waals surface area contributed by atoms with E-state index in [2.05, 4.69) is 10.3 Å². The number of thiophene rings is 1. The molecular formula is C27H23F3N4O2S2. The Balaban J connectivity index is 1.14. The number of carbonyl (C=O) groups is 2. The van der Waals surface area contributed by atoms with Gasteiger partial charge in [-0.05, 0) is 23.6 Å². The Morgan fingerprint density at radius 3 is 2.42 bits per heavy atom. The monoisotopic (exact) mass is 556 g/mol. The van der Waals surface area contributed by atoms with Gasteiger partial charge in [0.2, 0.25) is 0 Å². The van der Waals surface area contributed by atoms with Crippen molar-refractivity contribution in [3.63, 3.8) is 0 Å². The summed E-state index contributed by atoms with van der Waals surface area (Å²) in [7, 11) is 0. The van der Waals surface area contributed by atoms with Gasteiger partial charge >= 0.3 is 6.18 Å². The molecular weight excluding hydrogens is 533 g/mol. The molecule has 4 aromatic rings. The third-order valence-corrected chi connectivity index (χ3v) is 8.91. The van der Waals surface area contributed by atoms with Gasteiger partial charge in [-0.2, -0.15) is 13.2 Å². The molecule has 0 spiro atoms. The van der Waals surface area contributed by atoms with Crippen LogP contribution in [0.5, 0.6) is 0 Å². The molecule has 11 heteroatoms. The zero-order valence-electron chi connectivity index (χ0n) is 20.1. The fraction of sp³-hybridized carbons (Fsp3) is 0.296. The van der Waals surface area contributed by atoms with Crippen molar-refractivity contribution in [3.8, 4) is 11.1 Å². The van der Waals surface area contributed by atoms with Crippen LogP contribution in [0.3, 0.4) is 0 Å². The number of aromatic nitrogens is 1. The van der Waals surface area contributed by atoms with Crippen LogP contribution in [0.25, 0.3) is 21.2 Å². The fourth-order valence-corrected chi connectivity index (χ4v) is 6.94. The quantitative estimate of drug-likeness (QED) is 0.359. The van der Waals surface area contributed by atoms with Gasteiger partial charge in [-0.1, -0.05) is 42.5 Å². The highest BCUT2D eigenvalue weighted by Gasteiger charge is 2.42. The SMILES string of the molecule is O=C(c1nccs1)N1CC[C@H](NC2CN(C(=O)c3sc4cc(-c5ccccc5)ccc4c3C(F)(F)F)C2)C1. The number of carbonyl (C=O) groups excluding carboxylic acids is 2. The van der Waals surface area contributed by atoms with Crippen LogP contribution in [0.2, 0.25) is 0 Å². The average Bonchev–Trinajstić information content (AvgIpc) is 3.64. The summed E-state index contributed by atoms with van der Waals surface area (Å²) < 4.78 is 42.8. The van der Waals surface area contributed by atoms with Crippen molar-refractivity contribution >= 4 is 44.6 Å². The van der Waals surface area contributed by atoms with Crippen LogP contribution in [0.15, 0.2) is 60.1 Å². The molecule has 6 rings (SSSR count). The molecule has 1 atom stereocenters. The minimum Gasteiger partial charge on any atom is -0.335 e. The molecule has 1 N–H and O–H groups in total. The zero-order valence-corrected chi connectivity index (χ0v) is 21.7. The van der Waals surface area contributed by atoms with E-state index in [0.29, 0.717) is 35.9 Å². The number of amides is 2. The molecule has 0 aliphatic carbocycles. The summed E-state index contributed by atoms with van der Waals surface area (Å²) in [5, 5.41) is 5.74. The smallest absolute Gasteiger partial charge is 0.335 e. The molecule has 2 fully saturated rings. The second kappa shape index (κ2) is 9.79. The summed E-state index contributed by atoms with van der Waals surface area (Å²) in [4.78, 5) is 32.8. The molecule has 0 unspecified atom stereocenters. The van der Waals surface area contributed by atoms with Gasteiger partial charge in [0.05, 0.1) is 5.56 Å². The molecule has 2 aromatic heterocycles. The molecule has 2 aliphatic heterocycles. The number of alkyl halides is 3. The van der Waals surface area contributed by atoms with Crippen molar-refractivity contribution in [2.45, 2.75) is 24.7 Å². The van der Waals surface area contributed by atoms with Crippen molar-refractivity contribution < 1.29 is 22.8 Å². The summed E-state index contributed by atoms with van der Waals surface area (Å²) in [6, 6.07) is 14.3. The Morgan fingerprint density at radius 2 is 1.71 bits per heavy atom. The molecule has 2 saturated heterocycles. The molecule has 196 valence electrons. The highest BCUT2D eigenvalue weighted by Crippen LogP contribution is 2.44. The van der Waals surface area contributed by atoms with Crippen LogP contribution in [0, 0.1) is 0 Å². The Morgan fingerprint density at radius 1 is 0.947 bits per heavy atom. The predicted octanol–water partition coefficient (Wildman–Crippen LogP) is 5.37. The lowest BCUT2D eigenvalue weighted by Gasteiger charge is -2.41. The van der Waals surface area contributed by atoms with Gasteiger partial charge in [0, 0.05) is 59.9 Å². The Kier molecular flexibility index (Phi) is 6.45. The minimum atomic E-state index is -4.64. The van der Waals surface area contributed by atoms with Crippen LogP contribution in [-0.4, -0.2) is 64.9 Å². The molecule has 0 bridgehead atoms. The van der Waals surface area contributed by atoms with Gasteiger partial charge in [0.1, 0.15) is 4.88 Å². The van der Waals surface area contributed by atoms with E-state index in [1.54, 1.807) is 28.6 Å². The number of halogens is 3. The summed E-state index contributed by atoms with van der Waals surface area (Å²) in [5.41, 5.74) is 0.851. The average molecular weight is 557 g/mol. The van der Waals surface area contributed by atoms with Crippen molar-refractivity contribution in [1.29, 1.82) is 0 Å². The molecule has 0 saturated carbocycles. The molecule has 0 radical (unpaired) electrons. The fourth-order valence-electron chi connectivity index (χ4n) is 5.11. The van der Waals surface area contributed by atoms with E-state index in [9.17, 15) is 22.8 Å². The van der Waals surface area contributed by atoms with E-state index in [-0.39, 0.29) is 28.3 Å². The van der Waals surface area contributed by atoms with Gasteiger partial charge in [-0.3, -0.25) is 9.59 Å². The van der Waals surface area contributed by atoms with Crippen LogP contribution in [-0.2, 0) is 6.18 Å². The van der Waals surface area contributed by atoms with Crippen LogP contribution >= 0.6 is 22.7 Å². The second-order valence-electron chi connectivity index (χ2n) is 9.53. The van der Waals surface area contributed by atoms with E-state index >= 15 is 0 Å². The minimum absolute atomic E-state index is 0.0211. The number of benzene rings is 2. The van der Waals surface area contributed by atoms with Crippen LogP contribution in [0.4, 0.5) is 13.2 Å². The number of nitrogens with zero attached hydrogens (tertiary/aromatic N) is 3. The first kappa shape index (κ1) is 25.0. The second-order valence-corrected chi connectivity index (χ2v) is 11.5. The Bertz CT molecular complexity index is 1480. The molecule has 2 amide bonds. The highest BCUT2D eigenvalue weighted by atomic mass is 32.1. The number of hydrogen-bond acceptors (Lipinski definition) is 6. The maximum absolute atomic E-state index is 14.1. The standard InChI is InChI=1S/C27H23F3N4O2S2/c28-27(29,30)22-20-7-6-17(16-4-2-1-3-5-16)12-21(20)38-23(22)25(35)34-14-19(15-34)32-18-8-10-33(13-18)26(36)24-31-9-11-37-24/h1-7,9,11-12,18-19,32H,8,10,13-15H2/t18-/m0/s1. The maximum atomic E-state index is 14.1. The topological polar surface area (TPSA) is 65.5 Å². The lowest BCUT2D eigenvalue weighted by molar-refractivity contribution is -0.136. The lowest BCUT2D eigenvalue weighted by Crippen LogP contribution is -2.62. The molecule has 2 aliphatic rings. The molecule has 6 nitrogen and oxygen atoms in total. The van der Waals surface area contributed by atoms with E-state index in [1.165, 1.54) is 22.3 Å². The number of nitrogens with one attached hydrogen (secondary N) is 1. The first-order valence-corrected chi connectivity index (χ1v) is 13.9. The highest BCUT2D eigenvalue weighted by molar-refractivity contribution is 7.21. The first-order chi connectivity index (χ1) is 18.3. The number of thiazole rings is 1. The maximum Gasteiger partial charge on any atom is 0.418 e. The van der Waals surface area contributed by atoms with Crippen LogP contribution in [0.1, 0.15) is 31.5 Å². The zero-order chi connectivity index (χ0) is 26.4. The van der Waals surface area contributed by atoms with E-state index in [1.807, 2.05) is 30.3 Å². The van der Waals surface area contributed by atoms with Crippen molar-refractivity contribution in [2.24, 2.45) is 0 Å². The van der Waals surface area contributed by atoms with E-state index in [4.69, 9.17) is 0 Å². The normalized spacial score (nSPS) is 18.2. The molecule has 2 aromatic carbocycles. The number of hydrogen-bond donors (Lipinski definition) is 1. The Hall–Kier alpha value is -3.28. The summed E-state index contributed by atoms with van der Waals surface area (Å²) in [5.74, 6) is -0.681. The van der Waals surface area contributed by atoms with Gasteiger partial charge in [-0.15, -0.1) is 22.7 Å². The molecule has 4 heterocycles. The predicted molar refractivity (Wildman–Crippen MR) is 142 cm³/mol. The number of fused-ring (bicyclic) bond motifs is 1. The largest absolute Gasteiger partial charge is 0.418 e. The molecule has 38 heavy (non-hydrogen) atoms. The van der Waals surface area contributed by atoms with Crippen molar-refractivity contribution in [2.75, 3.05) is 26.2 Å². The van der Waals surface area contributed by atoms with E-state index < -0.39 is 17.6 Å². The summed E-state index contributed by atoms with van der Waals surface area (Å²) >= 11 is 2.21. The van der Waals surface area contributed by atoms with Crippen molar-refractivity contribution in [1.82, 2.24) is 20.1 Å². The summed E-state index contributed by atoms with van der Waals surface area (Å²) in [6.45, 7) is 1.82. The lowest BCUT2D eigenvalue weighted by atomic mass is 10.0. The third-order valence-electron chi connectivity index (χ3n) is 7.01.